The van der Waals surface area contributed by atoms with Crippen LogP contribution in [0.15, 0.2) is 42.5 Å². The van der Waals surface area contributed by atoms with Crippen LogP contribution in [0.25, 0.3) is 10.2 Å². The molecule has 0 atom stereocenters. The van der Waals surface area contributed by atoms with Crippen LogP contribution in [0.5, 0.6) is 0 Å². The first-order valence-corrected chi connectivity index (χ1v) is 8.56. The first kappa shape index (κ1) is 15.4. The molecule has 122 valence electrons. The number of fused-ring (bicyclic) bond motifs is 1. The Hall–Kier alpha value is -2.18. The highest BCUT2D eigenvalue weighted by atomic mass is 35.5. The second-order valence-corrected chi connectivity index (χ2v) is 6.94. The lowest BCUT2D eigenvalue weighted by atomic mass is 10.2. The predicted molar refractivity (Wildman–Crippen MR) is 92.4 cm³/mol. The molecule has 0 saturated carbocycles. The third-order valence-electron chi connectivity index (χ3n) is 3.83. The summed E-state index contributed by atoms with van der Waals surface area (Å²) in [7, 11) is 0. The number of rotatable bonds is 3. The normalized spacial score (nSPS) is 14.7. The van der Waals surface area contributed by atoms with Crippen molar-refractivity contribution in [1.29, 1.82) is 0 Å². The van der Waals surface area contributed by atoms with Crippen molar-refractivity contribution in [1.82, 2.24) is 4.98 Å². The van der Waals surface area contributed by atoms with Crippen LogP contribution >= 0.6 is 22.9 Å². The average molecular weight is 363 g/mol. The van der Waals surface area contributed by atoms with Gasteiger partial charge < -0.3 is 9.64 Å². The maximum absolute atomic E-state index is 13.2. The number of hydrogen-bond acceptors (Lipinski definition) is 5. The molecule has 1 aliphatic rings. The molecule has 2 aromatic carbocycles. The Morgan fingerprint density at radius 1 is 1.29 bits per heavy atom. The molecule has 0 radical (unpaired) electrons. The molecule has 1 saturated heterocycles. The summed E-state index contributed by atoms with van der Waals surface area (Å²) in [6, 6.07) is 11.4. The quantitative estimate of drug-likeness (QED) is 0.657. The van der Waals surface area contributed by atoms with E-state index in [1.54, 1.807) is 30.3 Å². The van der Waals surface area contributed by atoms with Crippen LogP contribution in [-0.4, -0.2) is 30.1 Å². The number of ether oxygens (including phenoxy) is 1. The van der Waals surface area contributed by atoms with Crippen LogP contribution < -0.4 is 4.90 Å². The fourth-order valence-electron chi connectivity index (χ4n) is 2.53. The van der Waals surface area contributed by atoms with Crippen LogP contribution in [0.2, 0.25) is 5.02 Å². The maximum atomic E-state index is 13.2. The molecule has 0 bridgehead atoms. The molecular formula is C17H12ClFN2O2S. The van der Waals surface area contributed by atoms with Gasteiger partial charge in [-0.1, -0.05) is 35.1 Å². The van der Waals surface area contributed by atoms with Crippen molar-refractivity contribution in [3.63, 3.8) is 0 Å². The lowest BCUT2D eigenvalue weighted by Crippen LogP contribution is -2.53. The summed E-state index contributed by atoms with van der Waals surface area (Å²) in [6.07, 6.45) is -0.197. The van der Waals surface area contributed by atoms with E-state index in [-0.39, 0.29) is 11.9 Å². The number of anilines is 1. The molecule has 4 rings (SSSR count). The number of aromatic nitrogens is 1. The number of halogens is 2. The Kier molecular flexibility index (Phi) is 3.86. The molecule has 1 aromatic heterocycles. The number of thiazole rings is 1. The van der Waals surface area contributed by atoms with Crippen molar-refractivity contribution in [2.75, 3.05) is 18.0 Å². The Balaban J connectivity index is 1.40. The van der Waals surface area contributed by atoms with E-state index in [0.717, 1.165) is 15.3 Å². The zero-order valence-electron chi connectivity index (χ0n) is 12.4. The minimum Gasteiger partial charge on any atom is -0.455 e. The van der Waals surface area contributed by atoms with Gasteiger partial charge in [0.05, 0.1) is 33.9 Å². The zero-order chi connectivity index (χ0) is 16.7. The highest BCUT2D eigenvalue weighted by Gasteiger charge is 2.32. The third kappa shape index (κ3) is 2.83. The van der Waals surface area contributed by atoms with E-state index in [4.69, 9.17) is 16.3 Å². The first-order valence-electron chi connectivity index (χ1n) is 7.37. The van der Waals surface area contributed by atoms with Gasteiger partial charge in [0.15, 0.2) is 5.13 Å². The van der Waals surface area contributed by atoms with Crippen LogP contribution in [0.4, 0.5) is 9.52 Å². The first-order chi connectivity index (χ1) is 11.6. The summed E-state index contributed by atoms with van der Waals surface area (Å²) in [5, 5.41) is 1.19. The predicted octanol–water partition coefficient (Wildman–Crippen LogP) is 4.13. The van der Waals surface area contributed by atoms with Crippen molar-refractivity contribution in [3.05, 3.63) is 58.9 Å². The van der Waals surface area contributed by atoms with Crippen LogP contribution in [-0.2, 0) is 4.74 Å². The lowest BCUT2D eigenvalue weighted by molar-refractivity contribution is 0.0234. The van der Waals surface area contributed by atoms with Gasteiger partial charge in [-0.15, -0.1) is 0 Å². The molecule has 1 fully saturated rings. The fourth-order valence-corrected chi connectivity index (χ4v) is 3.75. The van der Waals surface area contributed by atoms with Crippen molar-refractivity contribution in [2.45, 2.75) is 6.10 Å². The smallest absolute Gasteiger partial charge is 0.340 e. The van der Waals surface area contributed by atoms with Gasteiger partial charge >= 0.3 is 5.97 Å². The van der Waals surface area contributed by atoms with E-state index >= 15 is 0 Å². The van der Waals surface area contributed by atoms with Crippen LogP contribution in [0, 0.1) is 5.82 Å². The monoisotopic (exact) mass is 362 g/mol. The largest absolute Gasteiger partial charge is 0.455 e. The Bertz CT molecular complexity index is 924. The van der Waals surface area contributed by atoms with Crippen LogP contribution in [0.1, 0.15) is 10.4 Å². The van der Waals surface area contributed by atoms with E-state index in [2.05, 4.69) is 4.98 Å². The molecule has 24 heavy (non-hydrogen) atoms. The molecule has 0 amide bonds. The van der Waals surface area contributed by atoms with Crippen molar-refractivity contribution in [2.24, 2.45) is 0 Å². The third-order valence-corrected chi connectivity index (χ3v) is 5.23. The summed E-state index contributed by atoms with van der Waals surface area (Å²) >= 11 is 7.42. The van der Waals surface area contributed by atoms with Crippen molar-refractivity contribution in [3.8, 4) is 0 Å². The Labute approximate surface area is 146 Å². The molecule has 0 aliphatic carbocycles. The van der Waals surface area contributed by atoms with Gasteiger partial charge in [0.1, 0.15) is 11.9 Å². The summed E-state index contributed by atoms with van der Waals surface area (Å²) in [4.78, 5) is 18.6. The minimum absolute atomic E-state index is 0.197. The van der Waals surface area contributed by atoms with E-state index < -0.39 is 5.97 Å². The summed E-state index contributed by atoms with van der Waals surface area (Å²) in [5.74, 6) is -0.690. The number of esters is 1. The summed E-state index contributed by atoms with van der Waals surface area (Å²) in [5.41, 5.74) is 1.14. The van der Waals surface area contributed by atoms with E-state index in [1.807, 2.05) is 4.90 Å². The van der Waals surface area contributed by atoms with Gasteiger partial charge in [0.25, 0.3) is 0 Å². The number of nitrogens with zero attached hydrogens (tertiary/aromatic N) is 2. The zero-order valence-corrected chi connectivity index (χ0v) is 14.0. The second-order valence-electron chi connectivity index (χ2n) is 5.52. The van der Waals surface area contributed by atoms with Crippen LogP contribution in [0.3, 0.4) is 0 Å². The Morgan fingerprint density at radius 3 is 2.88 bits per heavy atom. The fraction of sp³-hybridized carbons (Fsp3) is 0.176. The SMILES string of the molecule is O=C(OC1CN(c2nc3ccc(F)cc3s2)C1)c1ccccc1Cl. The second kappa shape index (κ2) is 6.03. The number of hydrogen-bond donors (Lipinski definition) is 0. The van der Waals surface area contributed by atoms with Gasteiger partial charge in [-0.05, 0) is 30.3 Å². The van der Waals surface area contributed by atoms with Gasteiger partial charge in [-0.3, -0.25) is 0 Å². The van der Waals surface area contributed by atoms with Crippen molar-refractivity contribution >= 4 is 44.3 Å². The molecular weight excluding hydrogens is 351 g/mol. The summed E-state index contributed by atoms with van der Waals surface area (Å²) in [6.45, 7) is 1.14. The van der Waals surface area contributed by atoms with Gasteiger partial charge in [0.2, 0.25) is 0 Å². The number of carbonyl (C=O) groups is 1. The highest BCUT2D eigenvalue weighted by Crippen LogP contribution is 2.32. The van der Waals surface area contributed by atoms with E-state index in [1.165, 1.54) is 23.5 Å². The van der Waals surface area contributed by atoms with E-state index in [9.17, 15) is 9.18 Å². The molecule has 0 spiro atoms. The molecule has 0 N–H and O–H groups in total. The van der Waals surface area contributed by atoms with Crippen molar-refractivity contribution < 1.29 is 13.9 Å². The molecule has 7 heteroatoms. The number of carbonyl (C=O) groups excluding carboxylic acids is 1. The maximum Gasteiger partial charge on any atom is 0.340 e. The molecule has 1 aliphatic heterocycles. The highest BCUT2D eigenvalue weighted by molar-refractivity contribution is 7.22. The lowest BCUT2D eigenvalue weighted by Gasteiger charge is -2.38. The van der Waals surface area contributed by atoms with Gasteiger partial charge in [0, 0.05) is 0 Å². The molecule has 3 aromatic rings. The topological polar surface area (TPSA) is 42.4 Å². The minimum atomic E-state index is -0.420. The molecule has 4 nitrogen and oxygen atoms in total. The van der Waals surface area contributed by atoms with Gasteiger partial charge in [-0.25, -0.2) is 14.2 Å². The molecule has 2 heterocycles. The average Bonchev–Trinajstić information content (AvgIpc) is 2.93. The standard InChI is InChI=1S/C17H12ClFN2O2S/c18-13-4-2-1-3-12(13)16(22)23-11-8-21(9-11)17-20-14-6-5-10(19)7-15(14)24-17/h1-7,11H,8-9H2. The summed E-state index contributed by atoms with van der Waals surface area (Å²) < 4.78 is 19.5. The molecule has 0 unspecified atom stereocenters. The Morgan fingerprint density at radius 2 is 2.08 bits per heavy atom. The number of benzene rings is 2. The van der Waals surface area contributed by atoms with Gasteiger partial charge in [-0.2, -0.15) is 0 Å². The van der Waals surface area contributed by atoms with E-state index in [0.29, 0.717) is 23.7 Å².